The molecule has 0 saturated heterocycles. The standard InChI is InChI=1S/C46H37N3/c1-4-14-32(15-5-1)35-20-12-22-37(28-35)38-26-27-45-41(30-38)40-24-10-11-25-44(40)49(45)46-47-42(34-18-8-3-9-19-34)31-43(48-46)39-23-13-21-36(29-39)33-16-6-2-7-17-33/h1-4,6-11,13-14,16-19,21-31,42H,5,12,15,20H2,(H,47,48). The van der Waals surface area contributed by atoms with Crippen LogP contribution >= 0.6 is 0 Å². The molecule has 1 aliphatic heterocycles. The second-order valence-corrected chi connectivity index (χ2v) is 13.1. The Kier molecular flexibility index (Phi) is 7.51. The van der Waals surface area contributed by atoms with Crippen molar-refractivity contribution in [3.63, 3.8) is 0 Å². The minimum absolute atomic E-state index is 0.136. The van der Waals surface area contributed by atoms with Crippen LogP contribution in [0.5, 0.6) is 0 Å². The highest BCUT2D eigenvalue weighted by Crippen LogP contribution is 2.37. The fourth-order valence-corrected chi connectivity index (χ4v) is 7.53. The summed E-state index contributed by atoms with van der Waals surface area (Å²) < 4.78 is 2.31. The first-order valence-electron chi connectivity index (χ1n) is 17.4. The summed E-state index contributed by atoms with van der Waals surface area (Å²) in [6.07, 6.45) is 18.3. The van der Waals surface area contributed by atoms with E-state index in [4.69, 9.17) is 4.99 Å². The number of nitrogens with zero attached hydrogens (tertiary/aromatic N) is 2. The zero-order chi connectivity index (χ0) is 32.6. The molecule has 0 spiro atoms. The van der Waals surface area contributed by atoms with Crippen LogP contribution in [-0.2, 0) is 0 Å². The molecule has 0 amide bonds. The Morgan fingerprint density at radius 1 is 0.612 bits per heavy atom. The molecule has 1 N–H and O–H groups in total. The number of aromatic nitrogens is 1. The van der Waals surface area contributed by atoms with Crippen molar-refractivity contribution < 1.29 is 0 Å². The summed E-state index contributed by atoms with van der Waals surface area (Å²) in [4.78, 5) is 5.38. The molecule has 2 heterocycles. The highest BCUT2D eigenvalue weighted by atomic mass is 15.2. The second-order valence-electron chi connectivity index (χ2n) is 13.1. The minimum atomic E-state index is -0.136. The Morgan fingerprint density at radius 2 is 1.37 bits per heavy atom. The number of allylic oxidation sites excluding steroid dienone is 8. The van der Waals surface area contributed by atoms with E-state index >= 15 is 0 Å². The molecule has 236 valence electrons. The fraction of sp³-hybridized carbons (Fsp3) is 0.109. The maximum absolute atomic E-state index is 5.38. The molecular formula is C46H37N3. The summed E-state index contributed by atoms with van der Waals surface area (Å²) >= 11 is 0. The van der Waals surface area contributed by atoms with Crippen LogP contribution in [0.25, 0.3) is 44.2 Å². The molecule has 6 aromatic rings. The van der Waals surface area contributed by atoms with Gasteiger partial charge in [-0.3, -0.25) is 4.57 Å². The first-order valence-corrected chi connectivity index (χ1v) is 17.4. The van der Waals surface area contributed by atoms with Crippen molar-refractivity contribution in [2.45, 2.75) is 31.7 Å². The van der Waals surface area contributed by atoms with Crippen molar-refractivity contribution >= 4 is 39.0 Å². The van der Waals surface area contributed by atoms with Crippen molar-refractivity contribution in [2.75, 3.05) is 0 Å². The molecule has 3 nitrogen and oxygen atoms in total. The van der Waals surface area contributed by atoms with Gasteiger partial charge >= 0.3 is 0 Å². The Bertz CT molecular complexity index is 2400. The van der Waals surface area contributed by atoms with Gasteiger partial charge in [0.15, 0.2) is 0 Å². The monoisotopic (exact) mass is 631 g/mol. The van der Waals surface area contributed by atoms with Gasteiger partial charge in [-0.2, -0.15) is 0 Å². The van der Waals surface area contributed by atoms with E-state index in [-0.39, 0.29) is 6.04 Å². The van der Waals surface area contributed by atoms with Crippen molar-refractivity contribution in [3.05, 3.63) is 192 Å². The van der Waals surface area contributed by atoms with E-state index in [0.717, 1.165) is 59.5 Å². The van der Waals surface area contributed by atoms with E-state index in [1.807, 2.05) is 0 Å². The Balaban J connectivity index is 1.16. The maximum Gasteiger partial charge on any atom is 0.208 e. The summed E-state index contributed by atoms with van der Waals surface area (Å²) in [5, 5.41) is 6.26. The van der Waals surface area contributed by atoms with Gasteiger partial charge in [0, 0.05) is 16.5 Å². The van der Waals surface area contributed by atoms with Crippen LogP contribution in [0, 0.1) is 0 Å². The van der Waals surface area contributed by atoms with Crippen molar-refractivity contribution in [2.24, 2.45) is 4.99 Å². The van der Waals surface area contributed by atoms with Gasteiger partial charge in [0.1, 0.15) is 0 Å². The number of aliphatic imine (C=N–C) groups is 1. The van der Waals surface area contributed by atoms with Crippen LogP contribution in [0.2, 0.25) is 0 Å². The molecule has 9 rings (SSSR count). The van der Waals surface area contributed by atoms with Gasteiger partial charge in [0.05, 0.1) is 17.1 Å². The van der Waals surface area contributed by atoms with E-state index in [9.17, 15) is 0 Å². The number of para-hydroxylation sites is 1. The average Bonchev–Trinajstić information content (AvgIpc) is 3.52. The van der Waals surface area contributed by atoms with Crippen molar-refractivity contribution in [3.8, 4) is 11.1 Å². The zero-order valence-electron chi connectivity index (χ0n) is 27.4. The van der Waals surface area contributed by atoms with Crippen LogP contribution < -0.4 is 5.32 Å². The Morgan fingerprint density at radius 3 is 2.22 bits per heavy atom. The summed E-state index contributed by atoms with van der Waals surface area (Å²) in [5.41, 5.74) is 13.6. The zero-order valence-corrected chi connectivity index (χ0v) is 27.4. The molecule has 0 fully saturated rings. The van der Waals surface area contributed by atoms with Gasteiger partial charge in [0.2, 0.25) is 5.96 Å². The Labute approximate surface area is 287 Å². The van der Waals surface area contributed by atoms with Gasteiger partial charge in [0.25, 0.3) is 0 Å². The Hall–Kier alpha value is -5.93. The lowest BCUT2D eigenvalue weighted by Crippen LogP contribution is -2.32. The molecule has 3 aliphatic rings. The average molecular weight is 632 g/mol. The van der Waals surface area contributed by atoms with Gasteiger partial charge < -0.3 is 5.32 Å². The molecule has 1 aromatic heterocycles. The smallest absolute Gasteiger partial charge is 0.208 e. The topological polar surface area (TPSA) is 29.3 Å². The van der Waals surface area contributed by atoms with Gasteiger partial charge in [-0.05, 0) is 101 Å². The van der Waals surface area contributed by atoms with Gasteiger partial charge in [-0.1, -0.05) is 134 Å². The van der Waals surface area contributed by atoms with Gasteiger partial charge in [-0.25, -0.2) is 4.99 Å². The third kappa shape index (κ3) is 5.58. The van der Waals surface area contributed by atoms with Crippen molar-refractivity contribution in [1.82, 2.24) is 9.88 Å². The van der Waals surface area contributed by atoms with Gasteiger partial charge in [-0.15, -0.1) is 0 Å². The van der Waals surface area contributed by atoms with E-state index in [1.54, 1.807) is 0 Å². The number of hydrogen-bond donors (Lipinski definition) is 1. The summed E-state index contributed by atoms with van der Waals surface area (Å²) in [6, 6.07) is 45.5. The van der Waals surface area contributed by atoms with Crippen LogP contribution in [0.15, 0.2) is 180 Å². The van der Waals surface area contributed by atoms with Crippen LogP contribution in [0.1, 0.15) is 48.4 Å². The van der Waals surface area contributed by atoms with Crippen LogP contribution in [-0.4, -0.2) is 10.5 Å². The molecule has 0 saturated carbocycles. The van der Waals surface area contributed by atoms with E-state index in [2.05, 4.69) is 174 Å². The van der Waals surface area contributed by atoms with E-state index < -0.39 is 0 Å². The molecular weight excluding hydrogens is 595 g/mol. The predicted octanol–water partition coefficient (Wildman–Crippen LogP) is 11.4. The minimum Gasteiger partial charge on any atom is -0.325 e. The fourth-order valence-electron chi connectivity index (χ4n) is 7.53. The molecule has 49 heavy (non-hydrogen) atoms. The number of rotatable bonds is 5. The summed E-state index contributed by atoms with van der Waals surface area (Å²) in [7, 11) is 0. The molecule has 1 unspecified atom stereocenters. The summed E-state index contributed by atoms with van der Waals surface area (Å²) in [6.45, 7) is 0. The SMILES string of the molecule is C1=CCCC(C2=CC(c3ccc4c(c3)c3ccccc3n4C3=NC(c4ccccc4)C=C(c4cccc(-c5ccccc5)c4)N3)=CCC2)=C1. The molecule has 2 aliphatic carbocycles. The number of nitrogens with one attached hydrogen (secondary N) is 1. The highest BCUT2D eigenvalue weighted by Gasteiger charge is 2.23. The number of benzene rings is 5. The third-order valence-corrected chi connectivity index (χ3v) is 10.0. The quantitative estimate of drug-likeness (QED) is 0.202. The molecule has 0 radical (unpaired) electrons. The number of fused-ring (bicyclic) bond motifs is 3. The third-order valence-electron chi connectivity index (χ3n) is 10.0. The molecule has 0 bridgehead atoms. The second kappa shape index (κ2) is 12.6. The van der Waals surface area contributed by atoms with Crippen molar-refractivity contribution in [1.29, 1.82) is 0 Å². The lowest BCUT2D eigenvalue weighted by molar-refractivity contribution is 0.860. The van der Waals surface area contributed by atoms with E-state index in [0.29, 0.717) is 0 Å². The largest absolute Gasteiger partial charge is 0.325 e. The lowest BCUT2D eigenvalue weighted by atomic mass is 9.87. The van der Waals surface area contributed by atoms with E-state index in [1.165, 1.54) is 44.2 Å². The summed E-state index contributed by atoms with van der Waals surface area (Å²) in [5.74, 6) is 0.826. The lowest BCUT2D eigenvalue weighted by Gasteiger charge is -2.24. The first-order chi connectivity index (χ1) is 24.3. The highest BCUT2D eigenvalue weighted by molar-refractivity contribution is 6.15. The molecule has 3 heteroatoms. The predicted molar refractivity (Wildman–Crippen MR) is 206 cm³/mol. The number of hydrogen-bond acceptors (Lipinski definition) is 2. The first kappa shape index (κ1) is 29.2. The maximum atomic E-state index is 5.38. The van der Waals surface area contributed by atoms with Crippen LogP contribution in [0.3, 0.4) is 0 Å². The molecule has 5 aromatic carbocycles. The normalized spacial score (nSPS) is 17.6. The van der Waals surface area contributed by atoms with Crippen LogP contribution in [0.4, 0.5) is 0 Å². The molecule has 1 atom stereocenters.